The van der Waals surface area contributed by atoms with E-state index in [4.69, 9.17) is 9.47 Å². The topological polar surface area (TPSA) is 18.5 Å². The molecule has 0 saturated carbocycles. The standard InChI is InChI=1S/C19H29BrO2/c20-15-11-6-4-2-1-3-5-10-14-19(21-16-17-22-19)18-12-8-7-9-13-18/h7-9,12-13H,1-6,10-11,14-17H2. The quantitative estimate of drug-likeness (QED) is 0.363. The molecule has 0 aliphatic carbocycles. The van der Waals surface area contributed by atoms with E-state index in [1.54, 1.807) is 0 Å². The summed E-state index contributed by atoms with van der Waals surface area (Å²) in [5.41, 5.74) is 1.17. The van der Waals surface area contributed by atoms with Crippen LogP contribution in [0, 0.1) is 0 Å². The third kappa shape index (κ3) is 5.68. The minimum Gasteiger partial charge on any atom is -0.343 e. The molecular formula is C19H29BrO2. The van der Waals surface area contributed by atoms with Gasteiger partial charge >= 0.3 is 0 Å². The first kappa shape index (κ1) is 18.0. The van der Waals surface area contributed by atoms with Crippen LogP contribution in [-0.4, -0.2) is 18.5 Å². The van der Waals surface area contributed by atoms with E-state index in [0.29, 0.717) is 13.2 Å². The van der Waals surface area contributed by atoms with Crippen LogP contribution in [0.5, 0.6) is 0 Å². The molecular weight excluding hydrogens is 340 g/mol. The Kier molecular flexibility index (Phi) is 8.50. The molecule has 0 radical (unpaired) electrons. The van der Waals surface area contributed by atoms with Gasteiger partial charge < -0.3 is 9.47 Å². The maximum atomic E-state index is 5.97. The lowest BCUT2D eigenvalue weighted by Crippen LogP contribution is -2.27. The Morgan fingerprint density at radius 3 is 1.91 bits per heavy atom. The van der Waals surface area contributed by atoms with Gasteiger partial charge in [-0.15, -0.1) is 0 Å². The van der Waals surface area contributed by atoms with E-state index in [-0.39, 0.29) is 0 Å². The van der Waals surface area contributed by atoms with Crippen LogP contribution in [0.2, 0.25) is 0 Å². The Bertz CT molecular complexity index is 388. The molecule has 0 unspecified atom stereocenters. The van der Waals surface area contributed by atoms with Crippen molar-refractivity contribution in [3.8, 4) is 0 Å². The fraction of sp³-hybridized carbons (Fsp3) is 0.684. The summed E-state index contributed by atoms with van der Waals surface area (Å²) in [6, 6.07) is 10.4. The van der Waals surface area contributed by atoms with Crippen molar-refractivity contribution in [2.75, 3.05) is 18.5 Å². The smallest absolute Gasteiger partial charge is 0.194 e. The molecule has 2 rings (SSSR count). The van der Waals surface area contributed by atoms with Crippen LogP contribution < -0.4 is 0 Å². The third-order valence-electron chi connectivity index (χ3n) is 4.36. The molecule has 0 N–H and O–H groups in total. The minimum absolute atomic E-state index is 0.475. The van der Waals surface area contributed by atoms with Gasteiger partial charge in [0, 0.05) is 17.3 Å². The monoisotopic (exact) mass is 368 g/mol. The van der Waals surface area contributed by atoms with E-state index in [1.807, 2.05) is 6.07 Å². The van der Waals surface area contributed by atoms with E-state index in [0.717, 1.165) is 11.8 Å². The fourth-order valence-electron chi connectivity index (χ4n) is 3.12. The molecule has 3 heteroatoms. The van der Waals surface area contributed by atoms with Crippen molar-refractivity contribution in [3.63, 3.8) is 0 Å². The first-order chi connectivity index (χ1) is 10.9. The summed E-state index contributed by atoms with van der Waals surface area (Å²) in [5.74, 6) is -0.475. The summed E-state index contributed by atoms with van der Waals surface area (Å²) >= 11 is 3.49. The maximum absolute atomic E-state index is 5.97. The number of ether oxygens (including phenoxy) is 2. The van der Waals surface area contributed by atoms with Crippen LogP contribution in [-0.2, 0) is 15.3 Å². The second-order valence-electron chi connectivity index (χ2n) is 6.08. The van der Waals surface area contributed by atoms with Gasteiger partial charge in [0.2, 0.25) is 0 Å². The summed E-state index contributed by atoms with van der Waals surface area (Å²) in [5, 5.41) is 1.15. The van der Waals surface area contributed by atoms with Crippen molar-refractivity contribution in [2.24, 2.45) is 0 Å². The molecule has 0 spiro atoms. The van der Waals surface area contributed by atoms with Gasteiger partial charge in [0.05, 0.1) is 13.2 Å². The zero-order valence-corrected chi connectivity index (χ0v) is 15.2. The highest BCUT2D eigenvalue weighted by molar-refractivity contribution is 9.09. The Balaban J connectivity index is 1.64. The van der Waals surface area contributed by atoms with E-state index in [1.165, 1.54) is 56.9 Å². The van der Waals surface area contributed by atoms with Crippen molar-refractivity contribution in [2.45, 2.75) is 63.6 Å². The summed E-state index contributed by atoms with van der Waals surface area (Å²) in [7, 11) is 0. The lowest BCUT2D eigenvalue weighted by Gasteiger charge is -2.28. The molecule has 0 atom stereocenters. The average Bonchev–Trinajstić information content (AvgIpc) is 3.04. The Hall–Kier alpha value is -0.380. The molecule has 0 bridgehead atoms. The van der Waals surface area contributed by atoms with Crippen LogP contribution in [0.25, 0.3) is 0 Å². The van der Waals surface area contributed by atoms with Crippen LogP contribution in [0.1, 0.15) is 63.4 Å². The predicted octanol–water partition coefficient (Wildman–Crippen LogP) is 5.79. The number of benzene rings is 1. The fourth-order valence-corrected chi connectivity index (χ4v) is 3.51. The number of hydrogen-bond acceptors (Lipinski definition) is 2. The molecule has 1 heterocycles. The average molecular weight is 369 g/mol. The van der Waals surface area contributed by atoms with Crippen molar-refractivity contribution < 1.29 is 9.47 Å². The highest BCUT2D eigenvalue weighted by atomic mass is 79.9. The second kappa shape index (κ2) is 10.4. The SMILES string of the molecule is BrCCCCCCCCCCC1(c2ccccc2)OCCO1. The molecule has 124 valence electrons. The summed E-state index contributed by atoms with van der Waals surface area (Å²) < 4.78 is 11.9. The van der Waals surface area contributed by atoms with Crippen LogP contribution >= 0.6 is 15.9 Å². The predicted molar refractivity (Wildman–Crippen MR) is 95.4 cm³/mol. The highest BCUT2D eigenvalue weighted by Crippen LogP contribution is 2.36. The number of hydrogen-bond donors (Lipinski definition) is 0. The molecule has 1 aliphatic rings. The molecule has 1 aromatic rings. The summed E-state index contributed by atoms with van der Waals surface area (Å²) in [6.07, 6.45) is 11.6. The van der Waals surface area contributed by atoms with E-state index in [9.17, 15) is 0 Å². The molecule has 0 aromatic heterocycles. The molecule has 1 aromatic carbocycles. The molecule has 22 heavy (non-hydrogen) atoms. The van der Waals surface area contributed by atoms with Gasteiger partial charge in [-0.05, 0) is 12.8 Å². The van der Waals surface area contributed by atoms with Crippen LogP contribution in [0.4, 0.5) is 0 Å². The third-order valence-corrected chi connectivity index (χ3v) is 4.92. The number of alkyl halides is 1. The summed E-state index contributed by atoms with van der Waals surface area (Å²) in [4.78, 5) is 0. The molecule has 1 saturated heterocycles. The van der Waals surface area contributed by atoms with Crippen LogP contribution in [0.3, 0.4) is 0 Å². The van der Waals surface area contributed by atoms with Gasteiger partial charge in [-0.1, -0.05) is 84.8 Å². The second-order valence-corrected chi connectivity index (χ2v) is 6.88. The molecule has 1 aliphatic heterocycles. The van der Waals surface area contributed by atoms with Gasteiger partial charge in [0.15, 0.2) is 5.79 Å². The number of unbranched alkanes of at least 4 members (excludes halogenated alkanes) is 7. The van der Waals surface area contributed by atoms with E-state index < -0.39 is 5.79 Å². The maximum Gasteiger partial charge on any atom is 0.194 e. The largest absolute Gasteiger partial charge is 0.343 e. The normalized spacial score (nSPS) is 17.0. The minimum atomic E-state index is -0.475. The summed E-state index contributed by atoms with van der Waals surface area (Å²) in [6.45, 7) is 1.42. The Morgan fingerprint density at radius 2 is 1.32 bits per heavy atom. The number of halogens is 1. The Morgan fingerprint density at radius 1 is 0.773 bits per heavy atom. The molecule has 0 amide bonds. The van der Waals surface area contributed by atoms with E-state index in [2.05, 4.69) is 40.2 Å². The van der Waals surface area contributed by atoms with Crippen molar-refractivity contribution >= 4 is 15.9 Å². The first-order valence-corrected chi connectivity index (χ1v) is 9.89. The van der Waals surface area contributed by atoms with Crippen molar-refractivity contribution in [3.05, 3.63) is 35.9 Å². The Labute approximate surface area is 143 Å². The van der Waals surface area contributed by atoms with Gasteiger partial charge in [0.1, 0.15) is 0 Å². The molecule has 1 fully saturated rings. The lowest BCUT2D eigenvalue weighted by molar-refractivity contribution is -0.171. The zero-order valence-electron chi connectivity index (χ0n) is 13.6. The van der Waals surface area contributed by atoms with Gasteiger partial charge in [-0.25, -0.2) is 0 Å². The van der Waals surface area contributed by atoms with Gasteiger partial charge in [0.25, 0.3) is 0 Å². The van der Waals surface area contributed by atoms with Crippen LogP contribution in [0.15, 0.2) is 30.3 Å². The highest BCUT2D eigenvalue weighted by Gasteiger charge is 2.37. The molecule has 2 nitrogen and oxygen atoms in total. The van der Waals surface area contributed by atoms with Gasteiger partial charge in [-0.2, -0.15) is 0 Å². The van der Waals surface area contributed by atoms with E-state index >= 15 is 0 Å². The first-order valence-electron chi connectivity index (χ1n) is 8.77. The zero-order chi connectivity index (χ0) is 15.5. The number of rotatable bonds is 11. The van der Waals surface area contributed by atoms with Crippen molar-refractivity contribution in [1.82, 2.24) is 0 Å². The van der Waals surface area contributed by atoms with Gasteiger partial charge in [-0.3, -0.25) is 0 Å². The lowest BCUT2D eigenvalue weighted by atomic mass is 9.98. The van der Waals surface area contributed by atoms with Crippen molar-refractivity contribution in [1.29, 1.82) is 0 Å².